The second-order valence-corrected chi connectivity index (χ2v) is 6.55. The highest BCUT2D eigenvalue weighted by Gasteiger charge is 2.17. The number of aromatic carboxylic acids is 1. The van der Waals surface area contributed by atoms with E-state index in [2.05, 4.69) is 10.3 Å². The lowest BCUT2D eigenvalue weighted by Crippen LogP contribution is -2.16. The molecule has 0 aliphatic carbocycles. The number of carbonyl (C=O) groups excluding carboxylic acids is 1. The molecule has 0 unspecified atom stereocenters. The molecular formula is C18H20N2O4. The molecule has 0 saturated heterocycles. The predicted octanol–water partition coefficient (Wildman–Crippen LogP) is 2.96. The molecule has 2 aromatic rings. The van der Waals surface area contributed by atoms with Crippen LogP contribution in [0.1, 0.15) is 42.4 Å². The Labute approximate surface area is 140 Å². The molecule has 0 saturated carbocycles. The number of aromatic hydroxyl groups is 1. The Hall–Kier alpha value is -2.89. The molecule has 126 valence electrons. The van der Waals surface area contributed by atoms with Gasteiger partial charge in [-0.3, -0.25) is 4.79 Å². The maximum Gasteiger partial charge on any atom is 0.354 e. The average molecular weight is 328 g/mol. The summed E-state index contributed by atoms with van der Waals surface area (Å²) in [6.07, 6.45) is 1.30. The summed E-state index contributed by atoms with van der Waals surface area (Å²) in [5.74, 6) is -1.46. The van der Waals surface area contributed by atoms with Crippen molar-refractivity contribution in [3.05, 3.63) is 53.3 Å². The van der Waals surface area contributed by atoms with Crippen LogP contribution < -0.4 is 5.32 Å². The van der Waals surface area contributed by atoms with Crippen LogP contribution in [-0.2, 0) is 16.6 Å². The number of aromatic nitrogens is 1. The Bertz CT molecular complexity index is 779. The summed E-state index contributed by atoms with van der Waals surface area (Å²) in [7, 11) is 0. The maximum absolute atomic E-state index is 12.2. The molecule has 0 atom stereocenters. The number of phenols is 1. The number of carbonyl (C=O) groups is 2. The van der Waals surface area contributed by atoms with E-state index < -0.39 is 5.97 Å². The normalized spacial score (nSPS) is 11.1. The molecule has 0 radical (unpaired) electrons. The largest absolute Gasteiger partial charge is 0.508 e. The number of anilines is 1. The molecule has 6 nitrogen and oxygen atoms in total. The lowest BCUT2D eigenvalue weighted by atomic mass is 9.85. The number of carboxylic acids is 1. The number of hydrogen-bond donors (Lipinski definition) is 3. The van der Waals surface area contributed by atoms with Gasteiger partial charge in [-0.2, -0.15) is 0 Å². The van der Waals surface area contributed by atoms with Crippen LogP contribution in [0.4, 0.5) is 5.69 Å². The maximum atomic E-state index is 12.2. The van der Waals surface area contributed by atoms with Crippen LogP contribution in [0.25, 0.3) is 0 Å². The second-order valence-electron chi connectivity index (χ2n) is 6.55. The summed E-state index contributed by atoms with van der Waals surface area (Å²) in [5.41, 5.74) is 1.64. The van der Waals surface area contributed by atoms with E-state index in [-0.39, 0.29) is 29.2 Å². The molecule has 3 N–H and O–H groups in total. The van der Waals surface area contributed by atoms with Gasteiger partial charge in [0, 0.05) is 17.4 Å². The molecule has 24 heavy (non-hydrogen) atoms. The molecule has 0 aliphatic rings. The molecule has 0 bridgehead atoms. The first-order chi connectivity index (χ1) is 11.2. The highest BCUT2D eigenvalue weighted by molar-refractivity contribution is 5.94. The smallest absolute Gasteiger partial charge is 0.354 e. The number of pyridine rings is 1. The first-order valence-corrected chi connectivity index (χ1v) is 7.48. The minimum absolute atomic E-state index is 0.0134. The van der Waals surface area contributed by atoms with Gasteiger partial charge in [-0.25, -0.2) is 9.78 Å². The van der Waals surface area contributed by atoms with Gasteiger partial charge in [0.25, 0.3) is 0 Å². The Kier molecular flexibility index (Phi) is 4.87. The van der Waals surface area contributed by atoms with E-state index in [4.69, 9.17) is 5.11 Å². The number of phenolic OH excluding ortho intramolecular Hbond substituents is 1. The van der Waals surface area contributed by atoms with Gasteiger partial charge in [-0.15, -0.1) is 0 Å². The second kappa shape index (κ2) is 6.70. The quantitative estimate of drug-likeness (QED) is 0.801. The summed E-state index contributed by atoms with van der Waals surface area (Å²) < 4.78 is 0. The number of amides is 1. The number of nitrogens with zero attached hydrogens (tertiary/aromatic N) is 1. The Balaban J connectivity index is 2.15. The van der Waals surface area contributed by atoms with Crippen LogP contribution in [0.15, 0.2) is 36.5 Å². The SMILES string of the molecule is CC(C)(C)c1ccc(O)c(CC(=O)Nc2ccnc(C(=O)O)c2)c1. The highest BCUT2D eigenvalue weighted by atomic mass is 16.4. The summed E-state index contributed by atoms with van der Waals surface area (Å²) in [5, 5.41) is 21.5. The molecule has 0 aliphatic heterocycles. The molecule has 1 heterocycles. The van der Waals surface area contributed by atoms with Crippen LogP contribution in [0, 0.1) is 0 Å². The van der Waals surface area contributed by atoms with Crippen LogP contribution in [0.3, 0.4) is 0 Å². The van der Waals surface area contributed by atoms with Crippen molar-refractivity contribution in [2.75, 3.05) is 5.32 Å². The fourth-order valence-electron chi connectivity index (χ4n) is 2.20. The van der Waals surface area contributed by atoms with Crippen LogP contribution in [0.2, 0.25) is 0 Å². The first-order valence-electron chi connectivity index (χ1n) is 7.48. The molecule has 1 aromatic heterocycles. The zero-order valence-electron chi connectivity index (χ0n) is 13.8. The third-order valence-electron chi connectivity index (χ3n) is 3.56. The summed E-state index contributed by atoms with van der Waals surface area (Å²) in [6, 6.07) is 8.02. The van der Waals surface area contributed by atoms with Crippen molar-refractivity contribution in [1.82, 2.24) is 4.98 Å². The van der Waals surface area contributed by atoms with E-state index >= 15 is 0 Å². The molecule has 2 rings (SSSR count). The van der Waals surface area contributed by atoms with Crippen molar-refractivity contribution in [2.24, 2.45) is 0 Å². The van der Waals surface area contributed by atoms with Crippen LogP contribution in [-0.4, -0.2) is 27.1 Å². The van der Waals surface area contributed by atoms with Crippen molar-refractivity contribution < 1.29 is 19.8 Å². The van der Waals surface area contributed by atoms with Crippen molar-refractivity contribution >= 4 is 17.6 Å². The van der Waals surface area contributed by atoms with Gasteiger partial charge in [-0.05, 0) is 29.2 Å². The van der Waals surface area contributed by atoms with Gasteiger partial charge >= 0.3 is 5.97 Å². The molecule has 1 aromatic carbocycles. The molecular weight excluding hydrogens is 308 g/mol. The highest BCUT2D eigenvalue weighted by Crippen LogP contribution is 2.27. The van der Waals surface area contributed by atoms with Gasteiger partial charge in [0.15, 0.2) is 0 Å². The fourth-order valence-corrected chi connectivity index (χ4v) is 2.20. The van der Waals surface area contributed by atoms with Gasteiger partial charge < -0.3 is 15.5 Å². The molecule has 0 fully saturated rings. The van der Waals surface area contributed by atoms with Crippen molar-refractivity contribution in [3.8, 4) is 5.75 Å². The van der Waals surface area contributed by atoms with E-state index in [9.17, 15) is 14.7 Å². The summed E-state index contributed by atoms with van der Waals surface area (Å²) in [6.45, 7) is 6.15. The average Bonchev–Trinajstić information content (AvgIpc) is 2.48. The summed E-state index contributed by atoms with van der Waals surface area (Å²) in [4.78, 5) is 26.8. The topological polar surface area (TPSA) is 99.5 Å². The standard InChI is InChI=1S/C18H20N2O4/c1-18(2,3)12-4-5-15(21)11(8-12)9-16(22)20-13-6-7-19-14(10-13)17(23)24/h4-8,10,21H,9H2,1-3H3,(H,23,24)(H,19,20,22). The van der Waals surface area contributed by atoms with Crippen molar-refractivity contribution in [2.45, 2.75) is 32.6 Å². The Morgan fingerprint density at radius 2 is 1.88 bits per heavy atom. The van der Waals surface area contributed by atoms with Crippen molar-refractivity contribution in [3.63, 3.8) is 0 Å². The van der Waals surface area contributed by atoms with Gasteiger partial charge in [0.2, 0.25) is 5.91 Å². The zero-order valence-corrected chi connectivity index (χ0v) is 13.8. The van der Waals surface area contributed by atoms with E-state index in [0.717, 1.165) is 5.56 Å². The lowest BCUT2D eigenvalue weighted by molar-refractivity contribution is -0.115. The predicted molar refractivity (Wildman–Crippen MR) is 90.3 cm³/mol. The number of nitrogens with one attached hydrogen (secondary N) is 1. The minimum atomic E-state index is -1.17. The minimum Gasteiger partial charge on any atom is -0.508 e. The van der Waals surface area contributed by atoms with E-state index in [1.165, 1.54) is 18.3 Å². The van der Waals surface area contributed by atoms with E-state index in [1.54, 1.807) is 6.07 Å². The van der Waals surface area contributed by atoms with E-state index in [1.807, 2.05) is 32.9 Å². The van der Waals surface area contributed by atoms with E-state index in [0.29, 0.717) is 11.3 Å². The zero-order chi connectivity index (χ0) is 17.9. The third kappa shape index (κ3) is 4.32. The van der Waals surface area contributed by atoms with Gasteiger partial charge in [-0.1, -0.05) is 32.9 Å². The third-order valence-corrected chi connectivity index (χ3v) is 3.56. The number of rotatable bonds is 4. The fraction of sp³-hybridized carbons (Fsp3) is 0.278. The lowest BCUT2D eigenvalue weighted by Gasteiger charge is -2.20. The van der Waals surface area contributed by atoms with Crippen LogP contribution in [0.5, 0.6) is 5.75 Å². The van der Waals surface area contributed by atoms with Gasteiger partial charge in [0.05, 0.1) is 6.42 Å². The number of carboxylic acid groups (broad SMARTS) is 1. The summed E-state index contributed by atoms with van der Waals surface area (Å²) >= 11 is 0. The van der Waals surface area contributed by atoms with Crippen LogP contribution >= 0.6 is 0 Å². The first kappa shape index (κ1) is 17.5. The Morgan fingerprint density at radius 1 is 1.17 bits per heavy atom. The molecule has 1 amide bonds. The molecule has 0 spiro atoms. The molecule has 6 heteroatoms. The van der Waals surface area contributed by atoms with Gasteiger partial charge in [0.1, 0.15) is 11.4 Å². The monoisotopic (exact) mass is 328 g/mol. The van der Waals surface area contributed by atoms with Crippen molar-refractivity contribution in [1.29, 1.82) is 0 Å². The number of hydrogen-bond acceptors (Lipinski definition) is 4. The Morgan fingerprint density at radius 3 is 2.50 bits per heavy atom. The number of benzene rings is 1.